The Kier molecular flexibility index (Phi) is 3.31. The molecule has 102 valence electrons. The van der Waals surface area contributed by atoms with Crippen LogP contribution in [-0.4, -0.2) is 24.2 Å². The van der Waals surface area contributed by atoms with Crippen LogP contribution in [-0.2, 0) is 0 Å². The Morgan fingerprint density at radius 3 is 2.65 bits per heavy atom. The number of aromatic nitrogens is 2. The Labute approximate surface area is 123 Å². The fourth-order valence-corrected chi connectivity index (χ4v) is 2.20. The van der Waals surface area contributed by atoms with E-state index in [1.54, 1.807) is 20.4 Å². The molecule has 0 saturated carbocycles. The van der Waals surface area contributed by atoms with Gasteiger partial charge in [0.2, 0.25) is 5.89 Å². The van der Waals surface area contributed by atoms with Crippen LogP contribution in [0.3, 0.4) is 0 Å². The van der Waals surface area contributed by atoms with E-state index in [0.29, 0.717) is 28.6 Å². The first-order valence-electron chi connectivity index (χ1n) is 5.86. The van der Waals surface area contributed by atoms with Gasteiger partial charge >= 0.3 is 0 Å². The summed E-state index contributed by atoms with van der Waals surface area (Å²) in [6.07, 6.45) is 1.68. The topological polar surface area (TPSA) is 57.4 Å². The monoisotopic (exact) mass is 334 g/mol. The SMILES string of the molecule is COc1ccc(-c2nc3ncc(Br)cc3o2)cc1OC. The summed E-state index contributed by atoms with van der Waals surface area (Å²) in [6.45, 7) is 0. The molecular formula is C14H11BrN2O3. The number of rotatable bonds is 3. The number of hydrogen-bond donors (Lipinski definition) is 0. The minimum atomic E-state index is 0.492. The number of hydrogen-bond acceptors (Lipinski definition) is 5. The summed E-state index contributed by atoms with van der Waals surface area (Å²) in [5.41, 5.74) is 2.00. The van der Waals surface area contributed by atoms with Crippen molar-refractivity contribution in [3.63, 3.8) is 0 Å². The van der Waals surface area contributed by atoms with Crippen LogP contribution in [0.15, 0.2) is 39.4 Å². The van der Waals surface area contributed by atoms with Gasteiger partial charge in [0.05, 0.1) is 14.2 Å². The molecule has 3 rings (SSSR count). The first-order chi connectivity index (χ1) is 9.71. The summed E-state index contributed by atoms with van der Waals surface area (Å²) in [6, 6.07) is 7.33. The van der Waals surface area contributed by atoms with Crippen molar-refractivity contribution in [1.29, 1.82) is 0 Å². The van der Waals surface area contributed by atoms with Gasteiger partial charge in [0.25, 0.3) is 0 Å². The molecule has 20 heavy (non-hydrogen) atoms. The third-order valence-corrected chi connectivity index (χ3v) is 3.28. The second-order valence-electron chi connectivity index (χ2n) is 4.06. The first kappa shape index (κ1) is 12.9. The second-order valence-corrected chi connectivity index (χ2v) is 4.98. The van der Waals surface area contributed by atoms with E-state index in [2.05, 4.69) is 25.9 Å². The van der Waals surface area contributed by atoms with Gasteiger partial charge in [-0.25, -0.2) is 4.98 Å². The third kappa shape index (κ3) is 2.22. The molecule has 3 aromatic rings. The number of pyridine rings is 1. The molecule has 0 saturated heterocycles. The van der Waals surface area contributed by atoms with Crippen LogP contribution in [0.2, 0.25) is 0 Å². The van der Waals surface area contributed by atoms with Crippen molar-refractivity contribution in [2.24, 2.45) is 0 Å². The maximum Gasteiger partial charge on any atom is 0.229 e. The van der Waals surface area contributed by atoms with Gasteiger partial charge in [-0.1, -0.05) is 0 Å². The summed E-state index contributed by atoms with van der Waals surface area (Å²) < 4.78 is 17.0. The van der Waals surface area contributed by atoms with E-state index in [0.717, 1.165) is 10.0 Å². The van der Waals surface area contributed by atoms with Crippen molar-refractivity contribution >= 4 is 27.2 Å². The van der Waals surface area contributed by atoms with Gasteiger partial charge in [-0.2, -0.15) is 4.98 Å². The van der Waals surface area contributed by atoms with Crippen LogP contribution in [0.25, 0.3) is 22.7 Å². The summed E-state index contributed by atoms with van der Waals surface area (Å²) >= 11 is 3.35. The van der Waals surface area contributed by atoms with E-state index in [-0.39, 0.29) is 0 Å². The molecule has 0 fully saturated rings. The van der Waals surface area contributed by atoms with E-state index >= 15 is 0 Å². The molecule has 2 aromatic heterocycles. The molecule has 0 amide bonds. The smallest absolute Gasteiger partial charge is 0.229 e. The lowest BCUT2D eigenvalue weighted by atomic mass is 10.2. The van der Waals surface area contributed by atoms with Crippen LogP contribution in [0.5, 0.6) is 11.5 Å². The average molecular weight is 335 g/mol. The number of oxazole rings is 1. The normalized spacial score (nSPS) is 10.8. The number of nitrogens with zero attached hydrogens (tertiary/aromatic N) is 2. The number of fused-ring (bicyclic) bond motifs is 1. The molecular weight excluding hydrogens is 324 g/mol. The highest BCUT2D eigenvalue weighted by atomic mass is 79.9. The highest BCUT2D eigenvalue weighted by Gasteiger charge is 2.12. The second kappa shape index (κ2) is 5.13. The van der Waals surface area contributed by atoms with Gasteiger partial charge in [-0.15, -0.1) is 0 Å². The molecule has 0 bridgehead atoms. The zero-order valence-corrected chi connectivity index (χ0v) is 12.5. The molecule has 0 spiro atoms. The standard InChI is InChI=1S/C14H11BrN2O3/c1-18-10-4-3-8(5-11(10)19-2)14-17-13-12(20-14)6-9(15)7-16-13/h3-7H,1-2H3. The van der Waals surface area contributed by atoms with Crippen LogP contribution < -0.4 is 9.47 Å². The zero-order valence-electron chi connectivity index (χ0n) is 10.9. The fourth-order valence-electron chi connectivity index (χ4n) is 1.89. The van der Waals surface area contributed by atoms with E-state index in [4.69, 9.17) is 13.9 Å². The molecule has 0 radical (unpaired) electrons. The summed E-state index contributed by atoms with van der Waals surface area (Å²) in [7, 11) is 3.19. The number of benzene rings is 1. The van der Waals surface area contributed by atoms with Gasteiger partial charge < -0.3 is 13.9 Å². The van der Waals surface area contributed by atoms with Crippen LogP contribution in [0.1, 0.15) is 0 Å². The Hall–Kier alpha value is -2.08. The summed E-state index contributed by atoms with van der Waals surface area (Å²) in [4.78, 5) is 8.56. The van der Waals surface area contributed by atoms with E-state index in [1.165, 1.54) is 0 Å². The fraction of sp³-hybridized carbons (Fsp3) is 0.143. The van der Waals surface area contributed by atoms with Crippen molar-refractivity contribution in [1.82, 2.24) is 9.97 Å². The predicted octanol–water partition coefficient (Wildman–Crippen LogP) is 3.67. The van der Waals surface area contributed by atoms with Crippen LogP contribution in [0, 0.1) is 0 Å². The van der Waals surface area contributed by atoms with E-state index < -0.39 is 0 Å². The number of halogens is 1. The largest absolute Gasteiger partial charge is 0.493 e. The molecule has 2 heterocycles. The van der Waals surface area contributed by atoms with Gasteiger partial charge in [0.1, 0.15) is 0 Å². The molecule has 0 N–H and O–H groups in total. The van der Waals surface area contributed by atoms with E-state index in [1.807, 2.05) is 24.3 Å². The number of ether oxygens (including phenoxy) is 2. The van der Waals surface area contributed by atoms with Gasteiger partial charge in [-0.3, -0.25) is 0 Å². The summed E-state index contributed by atoms with van der Waals surface area (Å²) in [5, 5.41) is 0. The van der Waals surface area contributed by atoms with Crippen molar-refractivity contribution < 1.29 is 13.9 Å². The Bertz CT molecular complexity index is 770. The highest BCUT2D eigenvalue weighted by Crippen LogP contribution is 2.33. The van der Waals surface area contributed by atoms with Crippen LogP contribution >= 0.6 is 15.9 Å². The van der Waals surface area contributed by atoms with E-state index in [9.17, 15) is 0 Å². The van der Waals surface area contributed by atoms with Crippen LogP contribution in [0.4, 0.5) is 0 Å². The zero-order chi connectivity index (χ0) is 14.1. The molecule has 1 aromatic carbocycles. The Morgan fingerprint density at radius 2 is 1.90 bits per heavy atom. The lowest BCUT2D eigenvalue weighted by Crippen LogP contribution is -1.90. The van der Waals surface area contributed by atoms with Crippen molar-refractivity contribution in [2.45, 2.75) is 0 Å². The Morgan fingerprint density at radius 1 is 1.10 bits per heavy atom. The van der Waals surface area contributed by atoms with Crippen molar-refractivity contribution in [2.75, 3.05) is 14.2 Å². The minimum absolute atomic E-state index is 0.492. The molecule has 5 nitrogen and oxygen atoms in total. The minimum Gasteiger partial charge on any atom is -0.493 e. The molecule has 0 aliphatic carbocycles. The maximum atomic E-state index is 5.71. The molecule has 0 atom stereocenters. The number of methoxy groups -OCH3 is 2. The highest BCUT2D eigenvalue weighted by molar-refractivity contribution is 9.10. The third-order valence-electron chi connectivity index (χ3n) is 2.84. The van der Waals surface area contributed by atoms with Gasteiger partial charge in [0.15, 0.2) is 22.7 Å². The first-order valence-corrected chi connectivity index (χ1v) is 6.65. The maximum absolute atomic E-state index is 5.71. The quantitative estimate of drug-likeness (QED) is 0.731. The lowest BCUT2D eigenvalue weighted by molar-refractivity contribution is 0.355. The Balaban J connectivity index is 2.10. The molecule has 0 aliphatic rings. The van der Waals surface area contributed by atoms with Gasteiger partial charge in [-0.05, 0) is 34.1 Å². The average Bonchev–Trinajstić information content (AvgIpc) is 2.89. The lowest BCUT2D eigenvalue weighted by Gasteiger charge is -2.07. The van der Waals surface area contributed by atoms with Gasteiger partial charge in [0, 0.05) is 22.3 Å². The summed E-state index contributed by atoms with van der Waals surface area (Å²) in [5.74, 6) is 1.78. The predicted molar refractivity (Wildman–Crippen MR) is 78.0 cm³/mol. The molecule has 0 aliphatic heterocycles. The molecule has 0 unspecified atom stereocenters. The van der Waals surface area contributed by atoms with Crippen molar-refractivity contribution in [3.05, 3.63) is 34.9 Å². The molecule has 6 heteroatoms. The van der Waals surface area contributed by atoms with Crippen molar-refractivity contribution in [3.8, 4) is 23.0 Å².